The lowest BCUT2D eigenvalue weighted by Gasteiger charge is -2.27. The van der Waals surface area contributed by atoms with Crippen LogP contribution in [0.1, 0.15) is 49.7 Å². The summed E-state index contributed by atoms with van der Waals surface area (Å²) in [7, 11) is 0. The van der Waals surface area contributed by atoms with Crippen LogP contribution in [-0.4, -0.2) is 9.97 Å². The van der Waals surface area contributed by atoms with Crippen molar-refractivity contribution in [1.29, 1.82) is 0 Å². The van der Waals surface area contributed by atoms with Crippen LogP contribution in [0.4, 0.5) is 5.82 Å². The van der Waals surface area contributed by atoms with E-state index in [2.05, 4.69) is 53.4 Å². The Morgan fingerprint density at radius 3 is 2.91 bits per heavy atom. The van der Waals surface area contributed by atoms with Crippen molar-refractivity contribution in [2.75, 3.05) is 5.73 Å². The number of rotatable bonds is 3. The van der Waals surface area contributed by atoms with E-state index in [9.17, 15) is 0 Å². The van der Waals surface area contributed by atoms with Gasteiger partial charge in [0.1, 0.15) is 11.6 Å². The zero-order valence-electron chi connectivity index (χ0n) is 13.3. The molecular weight excluding hydrogens is 272 g/mol. The summed E-state index contributed by atoms with van der Waals surface area (Å²) in [4.78, 5) is 8.56. The molecule has 0 radical (unpaired) electrons. The molecule has 1 aliphatic rings. The van der Waals surface area contributed by atoms with Crippen molar-refractivity contribution in [3.63, 3.8) is 0 Å². The van der Waals surface area contributed by atoms with E-state index in [1.807, 2.05) is 0 Å². The van der Waals surface area contributed by atoms with Gasteiger partial charge in [-0.2, -0.15) is 0 Å². The van der Waals surface area contributed by atoms with Crippen molar-refractivity contribution < 1.29 is 0 Å². The predicted octanol–water partition coefficient (Wildman–Crippen LogP) is 3.25. The molecule has 22 heavy (non-hydrogen) atoms. The summed E-state index contributed by atoms with van der Waals surface area (Å²) in [5, 5.41) is 3.64. The lowest BCUT2D eigenvalue weighted by Crippen LogP contribution is -2.26. The molecule has 0 saturated carbocycles. The summed E-state index contributed by atoms with van der Waals surface area (Å²) in [5.41, 5.74) is 8.93. The minimum Gasteiger partial charge on any atom is -0.384 e. The van der Waals surface area contributed by atoms with Gasteiger partial charge in [-0.25, -0.2) is 9.97 Å². The number of nitrogens with zero attached hydrogens (tertiary/aromatic N) is 2. The molecule has 1 aromatic heterocycles. The highest BCUT2D eigenvalue weighted by molar-refractivity contribution is 5.32. The standard InChI is InChI=1S/C18H24N4/c1-18(2)9-7-13-5-3-4-6-14(13)15(11-18)21-12-17-20-10-8-16(19)22-17/h3-6,8,10,15,21H,7,9,11-12H2,1-2H3,(H2,19,20,22)/t15-/m1/s1. The van der Waals surface area contributed by atoms with E-state index in [1.54, 1.807) is 12.3 Å². The van der Waals surface area contributed by atoms with Gasteiger partial charge < -0.3 is 11.1 Å². The van der Waals surface area contributed by atoms with Crippen LogP contribution in [0.15, 0.2) is 36.5 Å². The smallest absolute Gasteiger partial charge is 0.144 e. The molecule has 4 nitrogen and oxygen atoms in total. The average molecular weight is 296 g/mol. The van der Waals surface area contributed by atoms with Crippen molar-refractivity contribution in [3.8, 4) is 0 Å². The van der Waals surface area contributed by atoms with Gasteiger partial charge in [0.25, 0.3) is 0 Å². The number of fused-ring (bicyclic) bond motifs is 1. The molecule has 0 saturated heterocycles. The molecule has 3 rings (SSSR count). The van der Waals surface area contributed by atoms with Gasteiger partial charge in [-0.15, -0.1) is 0 Å². The molecule has 2 aromatic rings. The van der Waals surface area contributed by atoms with Crippen molar-refractivity contribution in [1.82, 2.24) is 15.3 Å². The van der Waals surface area contributed by atoms with Gasteiger partial charge in [0, 0.05) is 12.2 Å². The van der Waals surface area contributed by atoms with E-state index in [0.29, 0.717) is 23.8 Å². The van der Waals surface area contributed by atoms with Gasteiger partial charge in [-0.1, -0.05) is 38.1 Å². The second-order valence-corrected chi connectivity index (χ2v) is 6.90. The molecule has 0 fully saturated rings. The number of nitrogens with two attached hydrogens (primary N) is 1. The number of nitrogen functional groups attached to an aromatic ring is 1. The largest absolute Gasteiger partial charge is 0.384 e. The Bertz CT molecular complexity index is 651. The fourth-order valence-electron chi connectivity index (χ4n) is 3.24. The third kappa shape index (κ3) is 3.45. The molecule has 1 atom stereocenters. The van der Waals surface area contributed by atoms with E-state index < -0.39 is 0 Å². The van der Waals surface area contributed by atoms with Gasteiger partial charge >= 0.3 is 0 Å². The molecule has 0 amide bonds. The van der Waals surface area contributed by atoms with Crippen LogP contribution in [0.3, 0.4) is 0 Å². The summed E-state index contributed by atoms with van der Waals surface area (Å²) < 4.78 is 0. The summed E-state index contributed by atoms with van der Waals surface area (Å²) >= 11 is 0. The lowest BCUT2D eigenvalue weighted by atomic mass is 9.83. The van der Waals surface area contributed by atoms with Crippen LogP contribution in [0.25, 0.3) is 0 Å². The van der Waals surface area contributed by atoms with Crippen LogP contribution < -0.4 is 11.1 Å². The van der Waals surface area contributed by atoms with Crippen molar-refractivity contribution in [2.24, 2.45) is 5.41 Å². The van der Waals surface area contributed by atoms with Crippen molar-refractivity contribution in [3.05, 3.63) is 53.5 Å². The average Bonchev–Trinajstić information content (AvgIpc) is 2.62. The van der Waals surface area contributed by atoms with Crippen molar-refractivity contribution >= 4 is 5.82 Å². The minimum absolute atomic E-state index is 0.327. The normalized spacial score (nSPS) is 20.2. The third-order valence-electron chi connectivity index (χ3n) is 4.49. The van der Waals surface area contributed by atoms with Crippen LogP contribution in [-0.2, 0) is 13.0 Å². The Kier molecular flexibility index (Phi) is 4.12. The molecule has 1 aliphatic carbocycles. The fourth-order valence-corrected chi connectivity index (χ4v) is 3.24. The first-order valence-electron chi connectivity index (χ1n) is 7.92. The first kappa shape index (κ1) is 15.0. The third-order valence-corrected chi connectivity index (χ3v) is 4.49. The van der Waals surface area contributed by atoms with Gasteiger partial charge in [0.15, 0.2) is 0 Å². The zero-order valence-corrected chi connectivity index (χ0v) is 13.3. The molecule has 0 spiro atoms. The number of hydrogen-bond donors (Lipinski definition) is 2. The van der Waals surface area contributed by atoms with E-state index in [4.69, 9.17) is 5.73 Å². The molecule has 4 heteroatoms. The molecule has 1 aromatic carbocycles. The van der Waals surface area contributed by atoms with E-state index in [1.165, 1.54) is 17.5 Å². The monoisotopic (exact) mass is 296 g/mol. The highest BCUT2D eigenvalue weighted by Crippen LogP contribution is 2.39. The zero-order chi connectivity index (χ0) is 15.6. The maximum absolute atomic E-state index is 5.73. The lowest BCUT2D eigenvalue weighted by molar-refractivity contribution is 0.271. The Morgan fingerprint density at radius 1 is 1.27 bits per heavy atom. The molecule has 1 heterocycles. The van der Waals surface area contributed by atoms with E-state index >= 15 is 0 Å². The first-order valence-corrected chi connectivity index (χ1v) is 7.92. The van der Waals surface area contributed by atoms with E-state index in [0.717, 1.165) is 18.7 Å². The molecule has 0 unspecified atom stereocenters. The Hall–Kier alpha value is -1.94. The number of hydrogen-bond acceptors (Lipinski definition) is 4. The van der Waals surface area contributed by atoms with Gasteiger partial charge in [0.05, 0.1) is 6.54 Å². The van der Waals surface area contributed by atoms with Crippen molar-refractivity contribution in [2.45, 2.75) is 45.7 Å². The molecular formula is C18H24N4. The van der Waals surface area contributed by atoms with Crippen LogP contribution in [0.2, 0.25) is 0 Å². The van der Waals surface area contributed by atoms with Gasteiger partial charge in [-0.05, 0) is 41.9 Å². The Morgan fingerprint density at radius 2 is 2.09 bits per heavy atom. The van der Waals surface area contributed by atoms with Gasteiger partial charge in [0.2, 0.25) is 0 Å². The Labute approximate surface area is 132 Å². The predicted molar refractivity (Wildman–Crippen MR) is 89.2 cm³/mol. The molecule has 0 aliphatic heterocycles. The first-order chi connectivity index (χ1) is 10.5. The molecule has 116 valence electrons. The number of benzene rings is 1. The summed E-state index contributed by atoms with van der Waals surface area (Å²) in [6.07, 6.45) is 5.20. The SMILES string of the molecule is CC1(C)CCc2ccccc2[C@H](NCc2nccc(N)n2)C1. The topological polar surface area (TPSA) is 63.8 Å². The minimum atomic E-state index is 0.327. The second-order valence-electron chi connectivity index (χ2n) is 6.90. The van der Waals surface area contributed by atoms with Gasteiger partial charge in [-0.3, -0.25) is 0 Å². The van der Waals surface area contributed by atoms with Crippen LogP contribution in [0, 0.1) is 5.41 Å². The Balaban J connectivity index is 1.81. The number of anilines is 1. The summed E-state index contributed by atoms with van der Waals surface area (Å²) in [6, 6.07) is 10.8. The van der Waals surface area contributed by atoms with Crippen LogP contribution in [0.5, 0.6) is 0 Å². The number of nitrogens with one attached hydrogen (secondary N) is 1. The number of aromatic nitrogens is 2. The highest BCUT2D eigenvalue weighted by Gasteiger charge is 2.29. The second kappa shape index (κ2) is 6.05. The quantitative estimate of drug-likeness (QED) is 0.853. The number of aryl methyl sites for hydroxylation is 1. The summed E-state index contributed by atoms with van der Waals surface area (Å²) in [6.45, 7) is 5.34. The maximum atomic E-state index is 5.73. The van der Waals surface area contributed by atoms with E-state index in [-0.39, 0.29) is 0 Å². The summed E-state index contributed by atoms with van der Waals surface area (Å²) in [5.74, 6) is 1.27. The fraction of sp³-hybridized carbons (Fsp3) is 0.444. The maximum Gasteiger partial charge on any atom is 0.144 e. The molecule has 0 bridgehead atoms. The molecule has 3 N–H and O–H groups in total. The highest BCUT2D eigenvalue weighted by atomic mass is 15.0. The van der Waals surface area contributed by atoms with Crippen LogP contribution >= 0.6 is 0 Å².